The first-order valence-electron chi connectivity index (χ1n) is 5.38. The molecular weight excluding hydrogens is 174 g/mol. The molecule has 1 atom stereocenters. The minimum atomic E-state index is 0.528. The molecule has 0 aliphatic rings. The maximum Gasteiger partial charge on any atom is 0.105 e. The van der Waals surface area contributed by atoms with Gasteiger partial charge in [0.15, 0.2) is 0 Å². The molecule has 1 aromatic rings. The van der Waals surface area contributed by atoms with Crippen LogP contribution in [0.1, 0.15) is 39.1 Å². The molecule has 1 unspecified atom stereocenters. The molecule has 0 aliphatic heterocycles. The third-order valence-electron chi connectivity index (χ3n) is 2.49. The quantitative estimate of drug-likeness (QED) is 0.780. The largest absolute Gasteiger partial charge is 0.331 e. The van der Waals surface area contributed by atoms with Crippen LogP contribution in [0.2, 0.25) is 0 Å². The van der Waals surface area contributed by atoms with Gasteiger partial charge in [0.1, 0.15) is 5.82 Å². The van der Waals surface area contributed by atoms with E-state index in [1.165, 1.54) is 0 Å². The lowest BCUT2D eigenvalue weighted by Gasteiger charge is -2.20. The van der Waals surface area contributed by atoms with Crippen LogP contribution in [0.4, 0.5) is 0 Å². The third kappa shape index (κ3) is 2.84. The summed E-state index contributed by atoms with van der Waals surface area (Å²) in [5.41, 5.74) is 0. The standard InChI is InChI=1S/C11H21N3/c1-5-11(8-13-9(2)3)14-7-6-12-10(14)4/h6-7,9,11,13H,5,8H2,1-4H3. The van der Waals surface area contributed by atoms with E-state index in [1.807, 2.05) is 6.20 Å². The number of nitrogens with zero attached hydrogens (tertiary/aromatic N) is 2. The van der Waals surface area contributed by atoms with E-state index in [4.69, 9.17) is 0 Å². The van der Waals surface area contributed by atoms with E-state index in [1.54, 1.807) is 0 Å². The van der Waals surface area contributed by atoms with Gasteiger partial charge in [-0.05, 0) is 13.3 Å². The number of hydrogen-bond acceptors (Lipinski definition) is 2. The van der Waals surface area contributed by atoms with Gasteiger partial charge in [-0.3, -0.25) is 0 Å². The number of nitrogens with one attached hydrogen (secondary N) is 1. The van der Waals surface area contributed by atoms with Crippen molar-refractivity contribution in [3.63, 3.8) is 0 Å². The molecule has 3 heteroatoms. The first-order chi connectivity index (χ1) is 6.65. The van der Waals surface area contributed by atoms with Crippen LogP contribution in [0.25, 0.3) is 0 Å². The van der Waals surface area contributed by atoms with Gasteiger partial charge < -0.3 is 9.88 Å². The van der Waals surface area contributed by atoms with E-state index >= 15 is 0 Å². The fraction of sp³-hybridized carbons (Fsp3) is 0.727. The van der Waals surface area contributed by atoms with Gasteiger partial charge in [0, 0.05) is 31.0 Å². The third-order valence-corrected chi connectivity index (χ3v) is 2.49. The van der Waals surface area contributed by atoms with Gasteiger partial charge in [0.25, 0.3) is 0 Å². The van der Waals surface area contributed by atoms with Gasteiger partial charge in [-0.15, -0.1) is 0 Å². The highest BCUT2D eigenvalue weighted by Crippen LogP contribution is 2.12. The highest BCUT2D eigenvalue weighted by molar-refractivity contribution is 4.92. The van der Waals surface area contributed by atoms with Crippen LogP contribution >= 0.6 is 0 Å². The Balaban J connectivity index is 2.58. The van der Waals surface area contributed by atoms with Crippen LogP contribution < -0.4 is 5.32 Å². The van der Waals surface area contributed by atoms with Crippen molar-refractivity contribution in [3.05, 3.63) is 18.2 Å². The lowest BCUT2D eigenvalue weighted by atomic mass is 10.2. The molecule has 14 heavy (non-hydrogen) atoms. The number of aryl methyl sites for hydroxylation is 1. The average Bonchev–Trinajstić information content (AvgIpc) is 2.53. The summed E-state index contributed by atoms with van der Waals surface area (Å²) in [5, 5.41) is 3.46. The van der Waals surface area contributed by atoms with Crippen molar-refractivity contribution in [2.24, 2.45) is 0 Å². The molecular formula is C11H21N3. The van der Waals surface area contributed by atoms with Crippen LogP contribution in [0.3, 0.4) is 0 Å². The van der Waals surface area contributed by atoms with Crippen molar-refractivity contribution in [1.29, 1.82) is 0 Å². The molecule has 80 valence electrons. The van der Waals surface area contributed by atoms with E-state index in [0.29, 0.717) is 12.1 Å². The fourth-order valence-corrected chi connectivity index (χ4v) is 1.58. The number of rotatable bonds is 5. The Hall–Kier alpha value is -0.830. The highest BCUT2D eigenvalue weighted by Gasteiger charge is 2.10. The van der Waals surface area contributed by atoms with Crippen LogP contribution in [-0.4, -0.2) is 22.1 Å². The van der Waals surface area contributed by atoms with Crippen molar-refractivity contribution in [2.75, 3.05) is 6.54 Å². The molecule has 0 radical (unpaired) electrons. The normalized spacial score (nSPS) is 13.5. The Bertz CT molecular complexity index is 265. The molecule has 0 spiro atoms. The first-order valence-corrected chi connectivity index (χ1v) is 5.38. The van der Waals surface area contributed by atoms with Gasteiger partial charge in [0.05, 0.1) is 0 Å². The first kappa shape index (κ1) is 11.2. The highest BCUT2D eigenvalue weighted by atomic mass is 15.1. The zero-order valence-electron chi connectivity index (χ0n) is 9.62. The number of aromatic nitrogens is 2. The molecule has 0 saturated carbocycles. The van der Waals surface area contributed by atoms with E-state index in [-0.39, 0.29) is 0 Å². The maximum atomic E-state index is 4.25. The number of imidazole rings is 1. The minimum absolute atomic E-state index is 0.528. The Morgan fingerprint density at radius 1 is 1.50 bits per heavy atom. The van der Waals surface area contributed by atoms with Crippen LogP contribution in [-0.2, 0) is 0 Å². The van der Waals surface area contributed by atoms with Crippen molar-refractivity contribution in [3.8, 4) is 0 Å². The molecule has 0 amide bonds. The molecule has 0 aliphatic carbocycles. The van der Waals surface area contributed by atoms with Crippen LogP contribution in [0, 0.1) is 6.92 Å². The van der Waals surface area contributed by atoms with E-state index < -0.39 is 0 Å². The summed E-state index contributed by atoms with van der Waals surface area (Å²) in [4.78, 5) is 4.25. The zero-order valence-corrected chi connectivity index (χ0v) is 9.62. The lowest BCUT2D eigenvalue weighted by Crippen LogP contribution is -2.30. The second-order valence-electron chi connectivity index (χ2n) is 4.01. The number of hydrogen-bond donors (Lipinski definition) is 1. The molecule has 1 heterocycles. The summed E-state index contributed by atoms with van der Waals surface area (Å²) in [6, 6.07) is 1.08. The topological polar surface area (TPSA) is 29.9 Å². The molecule has 0 saturated heterocycles. The Kier molecular flexibility index (Phi) is 4.14. The maximum absolute atomic E-state index is 4.25. The Labute approximate surface area is 86.5 Å². The molecule has 3 nitrogen and oxygen atoms in total. The smallest absolute Gasteiger partial charge is 0.105 e. The summed E-state index contributed by atoms with van der Waals surface area (Å²) < 4.78 is 2.25. The van der Waals surface area contributed by atoms with Crippen LogP contribution in [0.15, 0.2) is 12.4 Å². The van der Waals surface area contributed by atoms with Crippen molar-refractivity contribution >= 4 is 0 Å². The fourth-order valence-electron chi connectivity index (χ4n) is 1.58. The second kappa shape index (κ2) is 5.15. The summed E-state index contributed by atoms with van der Waals surface area (Å²) in [7, 11) is 0. The van der Waals surface area contributed by atoms with E-state index in [9.17, 15) is 0 Å². The predicted molar refractivity (Wildman–Crippen MR) is 59.4 cm³/mol. The SMILES string of the molecule is CCC(CNC(C)C)n1ccnc1C. The molecule has 1 aromatic heterocycles. The minimum Gasteiger partial charge on any atom is -0.331 e. The van der Waals surface area contributed by atoms with Gasteiger partial charge in [-0.2, -0.15) is 0 Å². The van der Waals surface area contributed by atoms with Crippen molar-refractivity contribution in [1.82, 2.24) is 14.9 Å². The van der Waals surface area contributed by atoms with Crippen molar-refractivity contribution in [2.45, 2.75) is 46.2 Å². The monoisotopic (exact) mass is 195 g/mol. The summed E-state index contributed by atoms with van der Waals surface area (Å²) in [6.07, 6.45) is 5.07. The zero-order chi connectivity index (χ0) is 10.6. The average molecular weight is 195 g/mol. The van der Waals surface area contributed by atoms with Crippen molar-refractivity contribution < 1.29 is 0 Å². The molecule has 1 rings (SSSR count). The summed E-state index contributed by atoms with van der Waals surface area (Å²) >= 11 is 0. The second-order valence-corrected chi connectivity index (χ2v) is 4.01. The summed E-state index contributed by atoms with van der Waals surface area (Å²) in [5.74, 6) is 1.10. The Morgan fingerprint density at radius 2 is 2.21 bits per heavy atom. The van der Waals surface area contributed by atoms with E-state index in [0.717, 1.165) is 18.8 Å². The molecule has 1 N–H and O–H groups in total. The molecule has 0 bridgehead atoms. The van der Waals surface area contributed by atoms with Gasteiger partial charge in [0.2, 0.25) is 0 Å². The van der Waals surface area contributed by atoms with Crippen LogP contribution in [0.5, 0.6) is 0 Å². The Morgan fingerprint density at radius 3 is 2.64 bits per heavy atom. The van der Waals surface area contributed by atoms with E-state index in [2.05, 4.69) is 48.8 Å². The van der Waals surface area contributed by atoms with Gasteiger partial charge >= 0.3 is 0 Å². The molecule has 0 fully saturated rings. The summed E-state index contributed by atoms with van der Waals surface area (Å²) in [6.45, 7) is 9.64. The lowest BCUT2D eigenvalue weighted by molar-refractivity contribution is 0.420. The molecule has 0 aromatic carbocycles. The van der Waals surface area contributed by atoms with Gasteiger partial charge in [-0.25, -0.2) is 4.98 Å². The van der Waals surface area contributed by atoms with Gasteiger partial charge in [-0.1, -0.05) is 20.8 Å². The predicted octanol–water partition coefficient (Wildman–Crippen LogP) is 2.14.